The Labute approximate surface area is 98.3 Å². The van der Waals surface area contributed by atoms with Gasteiger partial charge in [0.15, 0.2) is 0 Å². The number of hydrogen-bond donors (Lipinski definition) is 0. The summed E-state index contributed by atoms with van der Waals surface area (Å²) in [4.78, 5) is 11.1. The third-order valence-electron chi connectivity index (χ3n) is 2.76. The van der Waals surface area contributed by atoms with E-state index in [0.717, 1.165) is 12.8 Å². The first kappa shape index (κ1) is 14.3. The molecule has 0 aliphatic heterocycles. The second-order valence-corrected chi connectivity index (χ2v) is 4.22. The van der Waals surface area contributed by atoms with Crippen molar-refractivity contribution in [2.24, 2.45) is 5.92 Å². The molecular weight excluding hydrogens is 237 g/mol. The second-order valence-electron chi connectivity index (χ2n) is 4.22. The number of hydrogen-bond acceptors (Lipinski definition) is 3. The van der Waals surface area contributed by atoms with Gasteiger partial charge in [0.25, 0.3) is 0 Å². The average molecular weight is 254 g/mol. The molecule has 0 spiro atoms. The van der Waals surface area contributed by atoms with Crippen molar-refractivity contribution >= 4 is 5.97 Å². The fraction of sp³-hybridized carbons (Fsp3) is 0.909. The van der Waals surface area contributed by atoms with E-state index in [1.807, 2.05) is 6.92 Å². The van der Waals surface area contributed by atoms with Gasteiger partial charge in [-0.3, -0.25) is 0 Å². The highest BCUT2D eigenvalue weighted by Crippen LogP contribution is 2.42. The molecule has 0 aromatic carbocycles. The van der Waals surface area contributed by atoms with Crippen molar-refractivity contribution in [1.82, 2.24) is 0 Å². The van der Waals surface area contributed by atoms with E-state index >= 15 is 0 Å². The molecule has 0 aromatic heterocycles. The Morgan fingerprint density at radius 2 is 2.00 bits per heavy atom. The molecule has 0 heterocycles. The minimum absolute atomic E-state index is 0.0499. The predicted molar refractivity (Wildman–Crippen MR) is 54.4 cm³/mol. The van der Waals surface area contributed by atoms with Crippen LogP contribution in [0.15, 0.2) is 0 Å². The summed E-state index contributed by atoms with van der Waals surface area (Å²) in [6, 6.07) is 0. The number of ether oxygens (including phenoxy) is 2. The summed E-state index contributed by atoms with van der Waals surface area (Å²) >= 11 is 0. The molecule has 1 aliphatic rings. The number of halogens is 3. The number of esters is 1. The normalized spacial score (nSPS) is 24.2. The molecule has 0 radical (unpaired) electrons. The Hall–Kier alpha value is -0.780. The molecule has 0 saturated heterocycles. The molecule has 0 bridgehead atoms. The van der Waals surface area contributed by atoms with Crippen molar-refractivity contribution in [1.29, 1.82) is 0 Å². The largest absolute Gasteiger partial charge is 0.464 e. The standard InChI is InChI=1S/C11H17F3O3/c1-2-3-4-16-10(15)7-17-9-5-8(6-9)11(12,13)14/h8-9H,2-7H2,1H3. The van der Waals surface area contributed by atoms with E-state index in [4.69, 9.17) is 9.47 Å². The van der Waals surface area contributed by atoms with Crippen molar-refractivity contribution in [3.63, 3.8) is 0 Å². The lowest BCUT2D eigenvalue weighted by molar-refractivity contribution is -0.220. The molecule has 0 atom stereocenters. The van der Waals surface area contributed by atoms with Gasteiger partial charge in [-0.05, 0) is 19.3 Å². The fourth-order valence-corrected chi connectivity index (χ4v) is 1.53. The lowest BCUT2D eigenvalue weighted by atomic mass is 9.82. The van der Waals surface area contributed by atoms with Gasteiger partial charge in [-0.2, -0.15) is 13.2 Å². The topological polar surface area (TPSA) is 35.5 Å². The first-order chi connectivity index (χ1) is 7.93. The van der Waals surface area contributed by atoms with Gasteiger partial charge in [0, 0.05) is 0 Å². The number of rotatable bonds is 6. The summed E-state index contributed by atoms with van der Waals surface area (Å²) in [5.74, 6) is -1.78. The maximum Gasteiger partial charge on any atom is 0.392 e. The van der Waals surface area contributed by atoms with Gasteiger partial charge in [-0.25, -0.2) is 4.79 Å². The maximum absolute atomic E-state index is 12.1. The minimum Gasteiger partial charge on any atom is -0.464 e. The Kier molecular flexibility index (Phi) is 5.24. The van der Waals surface area contributed by atoms with Crippen LogP contribution in [0.5, 0.6) is 0 Å². The van der Waals surface area contributed by atoms with Gasteiger partial charge in [0.2, 0.25) is 0 Å². The van der Waals surface area contributed by atoms with Crippen molar-refractivity contribution in [3.8, 4) is 0 Å². The summed E-state index contributed by atoms with van der Waals surface area (Å²) in [6.07, 6.45) is -2.99. The first-order valence-corrected chi connectivity index (χ1v) is 5.77. The molecule has 6 heteroatoms. The molecule has 0 aromatic rings. The van der Waals surface area contributed by atoms with Crippen LogP contribution in [0.4, 0.5) is 13.2 Å². The summed E-state index contributed by atoms with van der Waals surface area (Å²) in [7, 11) is 0. The highest BCUT2D eigenvalue weighted by molar-refractivity contribution is 5.70. The molecule has 0 N–H and O–H groups in total. The summed E-state index contributed by atoms with van der Waals surface area (Å²) in [5.41, 5.74) is 0. The predicted octanol–water partition coefficient (Wildman–Crippen LogP) is 2.69. The fourth-order valence-electron chi connectivity index (χ4n) is 1.53. The lowest BCUT2D eigenvalue weighted by Gasteiger charge is -2.35. The molecule has 17 heavy (non-hydrogen) atoms. The van der Waals surface area contributed by atoms with Crippen molar-refractivity contribution in [2.45, 2.75) is 44.9 Å². The van der Waals surface area contributed by atoms with Gasteiger partial charge in [0.1, 0.15) is 6.61 Å². The second kappa shape index (κ2) is 6.23. The molecule has 1 saturated carbocycles. The van der Waals surface area contributed by atoms with Crippen LogP contribution in [0.2, 0.25) is 0 Å². The quantitative estimate of drug-likeness (QED) is 0.540. The molecule has 3 nitrogen and oxygen atoms in total. The van der Waals surface area contributed by atoms with Crippen LogP contribution in [-0.4, -0.2) is 31.5 Å². The van der Waals surface area contributed by atoms with E-state index in [0.29, 0.717) is 6.61 Å². The Bertz CT molecular complexity index is 247. The van der Waals surface area contributed by atoms with Crippen LogP contribution in [0.25, 0.3) is 0 Å². The molecule has 100 valence electrons. The van der Waals surface area contributed by atoms with Crippen LogP contribution in [0, 0.1) is 5.92 Å². The molecule has 1 fully saturated rings. The van der Waals surface area contributed by atoms with Crippen molar-refractivity contribution < 1.29 is 27.4 Å². The van der Waals surface area contributed by atoms with Gasteiger partial charge in [-0.1, -0.05) is 13.3 Å². The Morgan fingerprint density at radius 1 is 1.35 bits per heavy atom. The summed E-state index contributed by atoms with van der Waals surface area (Å²) in [6.45, 7) is 2.06. The maximum atomic E-state index is 12.1. The highest BCUT2D eigenvalue weighted by Gasteiger charge is 2.48. The number of carbonyl (C=O) groups is 1. The minimum atomic E-state index is -4.14. The molecule has 1 aliphatic carbocycles. The van der Waals surface area contributed by atoms with E-state index in [-0.39, 0.29) is 19.4 Å². The van der Waals surface area contributed by atoms with E-state index in [1.54, 1.807) is 0 Å². The van der Waals surface area contributed by atoms with E-state index in [2.05, 4.69) is 0 Å². The van der Waals surface area contributed by atoms with Crippen molar-refractivity contribution in [2.75, 3.05) is 13.2 Å². The summed E-state index contributed by atoms with van der Waals surface area (Å²) < 4.78 is 46.2. The third kappa shape index (κ3) is 4.93. The van der Waals surface area contributed by atoms with Gasteiger partial charge in [-0.15, -0.1) is 0 Å². The van der Waals surface area contributed by atoms with Crippen LogP contribution >= 0.6 is 0 Å². The monoisotopic (exact) mass is 254 g/mol. The van der Waals surface area contributed by atoms with Crippen LogP contribution in [0.3, 0.4) is 0 Å². The SMILES string of the molecule is CCCCOC(=O)COC1CC(C(F)(F)F)C1. The lowest BCUT2D eigenvalue weighted by Crippen LogP contribution is -2.41. The first-order valence-electron chi connectivity index (χ1n) is 5.77. The van der Waals surface area contributed by atoms with E-state index in [1.165, 1.54) is 0 Å². The highest BCUT2D eigenvalue weighted by atomic mass is 19.4. The van der Waals surface area contributed by atoms with E-state index in [9.17, 15) is 18.0 Å². The Balaban J connectivity index is 2.04. The van der Waals surface area contributed by atoms with Crippen LogP contribution < -0.4 is 0 Å². The summed E-state index contributed by atoms with van der Waals surface area (Å²) in [5, 5.41) is 0. The van der Waals surface area contributed by atoms with Crippen LogP contribution in [0.1, 0.15) is 32.6 Å². The van der Waals surface area contributed by atoms with Crippen molar-refractivity contribution in [3.05, 3.63) is 0 Å². The molecule has 1 rings (SSSR count). The Morgan fingerprint density at radius 3 is 2.53 bits per heavy atom. The van der Waals surface area contributed by atoms with Gasteiger partial charge >= 0.3 is 12.1 Å². The zero-order chi connectivity index (χ0) is 12.9. The zero-order valence-corrected chi connectivity index (χ0v) is 9.76. The number of alkyl halides is 3. The third-order valence-corrected chi connectivity index (χ3v) is 2.76. The average Bonchev–Trinajstić information content (AvgIpc) is 2.13. The number of unbranched alkanes of at least 4 members (excludes halogenated alkanes) is 1. The zero-order valence-electron chi connectivity index (χ0n) is 9.76. The smallest absolute Gasteiger partial charge is 0.392 e. The molecular formula is C11H17F3O3. The van der Waals surface area contributed by atoms with Crippen LogP contribution in [-0.2, 0) is 14.3 Å². The van der Waals surface area contributed by atoms with E-state index < -0.39 is 24.2 Å². The molecule has 0 unspecified atom stereocenters. The van der Waals surface area contributed by atoms with Gasteiger partial charge in [0.05, 0.1) is 18.6 Å². The number of carbonyl (C=O) groups excluding carboxylic acids is 1. The molecule has 0 amide bonds. The van der Waals surface area contributed by atoms with Gasteiger partial charge < -0.3 is 9.47 Å².